The van der Waals surface area contributed by atoms with E-state index in [0.717, 1.165) is 49.6 Å². The van der Waals surface area contributed by atoms with Crippen LogP contribution < -0.4 is 16.6 Å². The number of pyridine rings is 1. The van der Waals surface area contributed by atoms with Crippen LogP contribution in [0, 0.1) is 0 Å². The topological polar surface area (TPSA) is 80.4 Å². The summed E-state index contributed by atoms with van der Waals surface area (Å²) in [6, 6.07) is 8.92. The zero-order valence-corrected chi connectivity index (χ0v) is 16.5. The molecule has 6 nitrogen and oxygen atoms in total. The fourth-order valence-electron chi connectivity index (χ4n) is 3.14. The zero-order chi connectivity index (χ0) is 19.6. The van der Waals surface area contributed by atoms with Crippen LogP contribution in [0.25, 0.3) is 10.9 Å². The molecule has 0 saturated heterocycles. The number of aromatic nitrogens is 1. The highest BCUT2D eigenvalue weighted by molar-refractivity contribution is 5.97. The lowest BCUT2D eigenvalue weighted by molar-refractivity contribution is 0.0952. The number of hydrogen-bond donors (Lipinski definition) is 2. The Morgan fingerprint density at radius 1 is 1.07 bits per heavy atom. The summed E-state index contributed by atoms with van der Waals surface area (Å²) in [7, 11) is 4.03. The number of fused-ring (bicyclic) bond motifs is 1. The highest BCUT2D eigenvalue weighted by Gasteiger charge is 2.09. The van der Waals surface area contributed by atoms with Crippen molar-refractivity contribution in [3.8, 4) is 0 Å². The predicted octanol–water partition coefficient (Wildman–Crippen LogP) is 2.20. The number of unbranched alkanes of at least 4 members (excludes halogenated alkanes) is 3. The van der Waals surface area contributed by atoms with E-state index in [2.05, 4.69) is 10.2 Å². The summed E-state index contributed by atoms with van der Waals surface area (Å²) >= 11 is 0. The second kappa shape index (κ2) is 10.8. The molecule has 1 aromatic carbocycles. The molecular formula is C21H32N4O2. The lowest BCUT2D eigenvalue weighted by Gasteiger charge is -2.12. The molecule has 1 amide bonds. The minimum Gasteiger partial charge on any atom is -0.352 e. The molecule has 0 saturated carbocycles. The van der Waals surface area contributed by atoms with Crippen LogP contribution in [0.5, 0.6) is 0 Å². The maximum Gasteiger partial charge on any atom is 0.251 e. The fourth-order valence-corrected chi connectivity index (χ4v) is 3.14. The first kappa shape index (κ1) is 21.1. The van der Waals surface area contributed by atoms with Crippen LogP contribution >= 0.6 is 0 Å². The first-order valence-corrected chi connectivity index (χ1v) is 9.79. The van der Waals surface area contributed by atoms with Crippen molar-refractivity contribution in [2.75, 3.05) is 33.7 Å². The van der Waals surface area contributed by atoms with Crippen LogP contribution in [0.1, 0.15) is 42.5 Å². The lowest BCUT2D eigenvalue weighted by Crippen LogP contribution is -2.27. The SMILES string of the molecule is CN(C)CCCNC(=O)c1ccc2c(ccc(=O)n2CCCCCCN)c1. The summed E-state index contributed by atoms with van der Waals surface area (Å²) in [6.07, 6.45) is 5.04. The third-order valence-corrected chi connectivity index (χ3v) is 4.66. The molecule has 6 heteroatoms. The normalized spacial score (nSPS) is 11.3. The second-order valence-corrected chi connectivity index (χ2v) is 7.21. The monoisotopic (exact) mass is 372 g/mol. The number of benzene rings is 1. The van der Waals surface area contributed by atoms with E-state index in [1.165, 1.54) is 0 Å². The molecule has 0 fully saturated rings. The van der Waals surface area contributed by atoms with E-state index in [-0.39, 0.29) is 11.5 Å². The van der Waals surface area contributed by atoms with Gasteiger partial charge in [0.15, 0.2) is 0 Å². The predicted molar refractivity (Wildman–Crippen MR) is 111 cm³/mol. The van der Waals surface area contributed by atoms with Crippen LogP contribution in [0.4, 0.5) is 0 Å². The Hall–Kier alpha value is -2.18. The summed E-state index contributed by atoms with van der Waals surface area (Å²) in [6.45, 7) is 3.00. The molecule has 0 aliphatic carbocycles. The number of nitrogens with two attached hydrogens (primary N) is 1. The molecule has 0 spiro atoms. The molecule has 0 aliphatic heterocycles. The molecule has 148 valence electrons. The Balaban J connectivity index is 2.05. The van der Waals surface area contributed by atoms with Gasteiger partial charge in [-0.05, 0) is 76.1 Å². The molecule has 0 aliphatic rings. The third kappa shape index (κ3) is 6.48. The van der Waals surface area contributed by atoms with Crippen LogP contribution in [-0.2, 0) is 6.54 Å². The molecule has 0 unspecified atom stereocenters. The van der Waals surface area contributed by atoms with Crippen molar-refractivity contribution in [2.24, 2.45) is 5.73 Å². The van der Waals surface area contributed by atoms with E-state index in [1.807, 2.05) is 26.2 Å². The van der Waals surface area contributed by atoms with Crippen LogP contribution in [0.2, 0.25) is 0 Å². The van der Waals surface area contributed by atoms with Crippen molar-refractivity contribution < 1.29 is 4.79 Å². The van der Waals surface area contributed by atoms with Gasteiger partial charge in [-0.3, -0.25) is 9.59 Å². The van der Waals surface area contributed by atoms with Gasteiger partial charge in [-0.1, -0.05) is 12.8 Å². The number of nitrogens with one attached hydrogen (secondary N) is 1. The standard InChI is InChI=1S/C21H32N4O2/c1-24(2)14-7-13-23-21(27)18-8-10-19-17(16-18)9-11-20(26)25(19)15-6-4-3-5-12-22/h8-11,16H,3-7,12-15,22H2,1-2H3,(H,23,27). The average Bonchev–Trinajstić information content (AvgIpc) is 2.65. The number of hydrogen-bond acceptors (Lipinski definition) is 4. The Morgan fingerprint density at radius 2 is 1.85 bits per heavy atom. The Kier molecular flexibility index (Phi) is 8.48. The van der Waals surface area contributed by atoms with Crippen molar-refractivity contribution in [1.82, 2.24) is 14.8 Å². The summed E-state index contributed by atoms with van der Waals surface area (Å²) in [5, 5.41) is 3.87. The van der Waals surface area contributed by atoms with Gasteiger partial charge in [0.2, 0.25) is 0 Å². The summed E-state index contributed by atoms with van der Waals surface area (Å²) < 4.78 is 1.80. The minimum atomic E-state index is -0.0739. The molecule has 0 bridgehead atoms. The summed E-state index contributed by atoms with van der Waals surface area (Å²) in [4.78, 5) is 26.7. The summed E-state index contributed by atoms with van der Waals surface area (Å²) in [5.74, 6) is -0.0739. The van der Waals surface area contributed by atoms with Crippen molar-refractivity contribution in [3.05, 3.63) is 46.2 Å². The van der Waals surface area contributed by atoms with Crippen LogP contribution in [0.3, 0.4) is 0 Å². The molecule has 2 rings (SSSR count). The van der Waals surface area contributed by atoms with Crippen molar-refractivity contribution in [3.63, 3.8) is 0 Å². The highest BCUT2D eigenvalue weighted by atomic mass is 16.1. The van der Waals surface area contributed by atoms with Crippen molar-refractivity contribution in [1.29, 1.82) is 0 Å². The number of carbonyl (C=O) groups is 1. The maximum absolute atomic E-state index is 12.4. The molecule has 27 heavy (non-hydrogen) atoms. The van der Waals surface area contributed by atoms with Gasteiger partial charge in [0.25, 0.3) is 11.5 Å². The number of aryl methyl sites for hydroxylation is 1. The van der Waals surface area contributed by atoms with E-state index in [4.69, 9.17) is 5.73 Å². The number of rotatable bonds is 11. The van der Waals surface area contributed by atoms with Crippen LogP contribution in [-0.4, -0.2) is 49.1 Å². The number of amides is 1. The maximum atomic E-state index is 12.4. The first-order chi connectivity index (χ1) is 13.0. The largest absolute Gasteiger partial charge is 0.352 e. The number of nitrogens with zero attached hydrogens (tertiary/aromatic N) is 2. The molecule has 3 N–H and O–H groups in total. The van der Waals surface area contributed by atoms with Crippen molar-refractivity contribution in [2.45, 2.75) is 38.6 Å². The first-order valence-electron chi connectivity index (χ1n) is 9.79. The number of carbonyl (C=O) groups excluding carboxylic acids is 1. The Labute approximate surface area is 161 Å². The third-order valence-electron chi connectivity index (χ3n) is 4.66. The van der Waals surface area contributed by atoms with Crippen molar-refractivity contribution >= 4 is 16.8 Å². The van der Waals surface area contributed by atoms with E-state index in [0.29, 0.717) is 25.2 Å². The Morgan fingerprint density at radius 3 is 2.59 bits per heavy atom. The van der Waals surface area contributed by atoms with E-state index >= 15 is 0 Å². The van der Waals surface area contributed by atoms with Gasteiger partial charge in [0, 0.05) is 24.7 Å². The van der Waals surface area contributed by atoms with E-state index in [1.54, 1.807) is 22.8 Å². The quantitative estimate of drug-likeness (QED) is 0.593. The van der Waals surface area contributed by atoms with E-state index in [9.17, 15) is 9.59 Å². The van der Waals surface area contributed by atoms with Gasteiger partial charge in [-0.25, -0.2) is 0 Å². The minimum absolute atomic E-state index is 0.00205. The van der Waals surface area contributed by atoms with E-state index < -0.39 is 0 Å². The zero-order valence-electron chi connectivity index (χ0n) is 16.5. The van der Waals surface area contributed by atoms with Gasteiger partial charge in [0.05, 0.1) is 5.52 Å². The average molecular weight is 373 g/mol. The van der Waals surface area contributed by atoms with Gasteiger partial charge in [-0.15, -0.1) is 0 Å². The van der Waals surface area contributed by atoms with Crippen LogP contribution in [0.15, 0.2) is 35.1 Å². The van der Waals surface area contributed by atoms with Gasteiger partial charge >= 0.3 is 0 Å². The molecule has 0 atom stereocenters. The molecule has 0 radical (unpaired) electrons. The van der Waals surface area contributed by atoms with Gasteiger partial charge in [0.1, 0.15) is 0 Å². The molecule has 1 aromatic heterocycles. The molecule has 2 aromatic rings. The van der Waals surface area contributed by atoms with Gasteiger partial charge in [-0.2, -0.15) is 0 Å². The summed E-state index contributed by atoms with van der Waals surface area (Å²) in [5.41, 5.74) is 7.03. The smallest absolute Gasteiger partial charge is 0.251 e. The Bertz CT molecular complexity index is 798. The molecular weight excluding hydrogens is 340 g/mol. The molecule has 1 heterocycles. The lowest BCUT2D eigenvalue weighted by atomic mass is 10.1. The second-order valence-electron chi connectivity index (χ2n) is 7.21. The van der Waals surface area contributed by atoms with Gasteiger partial charge < -0.3 is 20.5 Å². The highest BCUT2D eigenvalue weighted by Crippen LogP contribution is 2.15. The fraction of sp³-hybridized carbons (Fsp3) is 0.524.